The zero-order chi connectivity index (χ0) is 13.0. The number of carbonyl (C=O) groups excluding carboxylic acids is 1. The lowest BCUT2D eigenvalue weighted by molar-refractivity contribution is 0.0968. The van der Waals surface area contributed by atoms with Crippen LogP contribution in [0.15, 0.2) is 30.3 Å². The Hall–Kier alpha value is -1.07. The molecule has 98 valence electrons. The van der Waals surface area contributed by atoms with Crippen LogP contribution in [0.2, 0.25) is 0 Å². The number of halogens is 1. The number of rotatable bonds is 3. The van der Waals surface area contributed by atoms with Crippen molar-refractivity contribution >= 4 is 22.0 Å². The van der Waals surface area contributed by atoms with Crippen LogP contribution in [0.5, 0.6) is 0 Å². The number of aliphatic hydroxyl groups is 1. The first-order chi connectivity index (χ1) is 8.70. The Morgan fingerprint density at radius 1 is 1.39 bits per heavy atom. The first kappa shape index (κ1) is 13.4. The van der Waals surface area contributed by atoms with Crippen LogP contribution in [0.4, 0.5) is 4.79 Å². The van der Waals surface area contributed by atoms with Crippen molar-refractivity contribution < 1.29 is 14.6 Å². The molecule has 1 N–H and O–H groups in total. The molecule has 1 saturated heterocycles. The maximum Gasteiger partial charge on any atom is 0.410 e. The van der Waals surface area contributed by atoms with Gasteiger partial charge in [-0.1, -0.05) is 46.3 Å². The summed E-state index contributed by atoms with van der Waals surface area (Å²) in [5.74, 6) is 0.0919. The highest BCUT2D eigenvalue weighted by molar-refractivity contribution is 9.09. The summed E-state index contributed by atoms with van der Waals surface area (Å²) in [5, 5.41) is 10.4. The van der Waals surface area contributed by atoms with Gasteiger partial charge in [0.2, 0.25) is 0 Å². The quantitative estimate of drug-likeness (QED) is 0.868. The van der Waals surface area contributed by atoms with Gasteiger partial charge in [0, 0.05) is 17.8 Å². The van der Waals surface area contributed by atoms with E-state index in [-0.39, 0.29) is 18.6 Å². The second kappa shape index (κ2) is 6.20. The summed E-state index contributed by atoms with van der Waals surface area (Å²) in [7, 11) is 0. The van der Waals surface area contributed by atoms with Crippen molar-refractivity contribution in [3.05, 3.63) is 35.9 Å². The fourth-order valence-electron chi connectivity index (χ4n) is 1.97. The molecular weight excluding hydrogens is 298 g/mol. The number of likely N-dealkylation sites (tertiary alicyclic amines) is 1. The van der Waals surface area contributed by atoms with E-state index >= 15 is 0 Å². The third-order valence-corrected chi connectivity index (χ3v) is 3.90. The van der Waals surface area contributed by atoms with Gasteiger partial charge in [-0.05, 0) is 5.56 Å². The summed E-state index contributed by atoms with van der Waals surface area (Å²) < 4.78 is 5.21. The van der Waals surface area contributed by atoms with Crippen LogP contribution in [0.25, 0.3) is 0 Å². The van der Waals surface area contributed by atoms with Gasteiger partial charge in [0.1, 0.15) is 6.61 Å². The smallest absolute Gasteiger partial charge is 0.410 e. The van der Waals surface area contributed by atoms with Crippen LogP contribution < -0.4 is 0 Å². The van der Waals surface area contributed by atoms with Crippen molar-refractivity contribution in [2.75, 3.05) is 18.4 Å². The van der Waals surface area contributed by atoms with E-state index in [1.54, 1.807) is 4.90 Å². The minimum absolute atomic E-state index is 0.0919. The number of amides is 1. The zero-order valence-electron chi connectivity index (χ0n) is 9.96. The maximum atomic E-state index is 11.8. The van der Waals surface area contributed by atoms with Crippen molar-refractivity contribution in [3.63, 3.8) is 0 Å². The Kier molecular flexibility index (Phi) is 4.60. The highest BCUT2D eigenvalue weighted by Gasteiger charge is 2.33. The average molecular weight is 314 g/mol. The topological polar surface area (TPSA) is 49.8 Å². The van der Waals surface area contributed by atoms with E-state index in [1.165, 1.54) is 0 Å². The molecule has 0 spiro atoms. The summed E-state index contributed by atoms with van der Waals surface area (Å²) in [5.41, 5.74) is 0.961. The van der Waals surface area contributed by atoms with Crippen LogP contribution >= 0.6 is 15.9 Å². The summed E-state index contributed by atoms with van der Waals surface area (Å²) >= 11 is 3.33. The van der Waals surface area contributed by atoms with Crippen LogP contribution in [0.3, 0.4) is 0 Å². The van der Waals surface area contributed by atoms with Gasteiger partial charge in [0.05, 0.1) is 12.6 Å². The Balaban J connectivity index is 1.82. The molecule has 18 heavy (non-hydrogen) atoms. The summed E-state index contributed by atoms with van der Waals surface area (Å²) in [6.07, 6.45) is -0.824. The molecule has 0 bridgehead atoms. The van der Waals surface area contributed by atoms with E-state index in [4.69, 9.17) is 4.74 Å². The Labute approximate surface area is 115 Å². The van der Waals surface area contributed by atoms with Gasteiger partial charge in [0.15, 0.2) is 0 Å². The summed E-state index contributed by atoms with van der Waals surface area (Å²) in [4.78, 5) is 13.4. The second-order valence-electron chi connectivity index (χ2n) is 4.43. The largest absolute Gasteiger partial charge is 0.445 e. The molecule has 4 nitrogen and oxygen atoms in total. The first-order valence-corrected chi connectivity index (χ1v) is 7.02. The van der Waals surface area contributed by atoms with E-state index in [1.807, 2.05) is 30.3 Å². The Bertz CT molecular complexity index is 398. The highest BCUT2D eigenvalue weighted by atomic mass is 79.9. The molecular formula is C13H16BrNO3. The van der Waals surface area contributed by atoms with E-state index in [0.29, 0.717) is 18.4 Å². The summed E-state index contributed by atoms with van der Waals surface area (Å²) in [6.45, 7) is 1.16. The predicted molar refractivity (Wildman–Crippen MR) is 71.5 cm³/mol. The number of hydrogen-bond donors (Lipinski definition) is 1. The van der Waals surface area contributed by atoms with Crippen molar-refractivity contribution in [2.24, 2.45) is 5.92 Å². The molecule has 1 aliphatic heterocycles. The first-order valence-electron chi connectivity index (χ1n) is 5.90. The fourth-order valence-corrected chi connectivity index (χ4v) is 2.60. The van der Waals surface area contributed by atoms with Gasteiger partial charge in [-0.25, -0.2) is 4.79 Å². The maximum absolute atomic E-state index is 11.8. The zero-order valence-corrected chi connectivity index (χ0v) is 11.5. The van der Waals surface area contributed by atoms with Crippen LogP contribution in [-0.4, -0.2) is 40.6 Å². The van der Waals surface area contributed by atoms with Crippen LogP contribution in [-0.2, 0) is 11.3 Å². The third-order valence-electron chi connectivity index (χ3n) is 3.07. The predicted octanol–water partition coefficient (Wildman–Crippen LogP) is 2.01. The third kappa shape index (κ3) is 3.23. The van der Waals surface area contributed by atoms with Gasteiger partial charge < -0.3 is 14.7 Å². The number of aliphatic hydroxyl groups excluding tert-OH is 1. The molecule has 1 aliphatic rings. The number of benzene rings is 1. The van der Waals surface area contributed by atoms with Gasteiger partial charge in [-0.3, -0.25) is 0 Å². The molecule has 0 aliphatic carbocycles. The summed E-state index contributed by atoms with van der Waals surface area (Å²) in [6, 6.07) is 9.55. The van der Waals surface area contributed by atoms with Gasteiger partial charge >= 0.3 is 6.09 Å². The minimum Gasteiger partial charge on any atom is -0.445 e. The molecule has 0 unspecified atom stereocenters. The van der Waals surface area contributed by atoms with Crippen LogP contribution in [0, 0.1) is 5.92 Å². The van der Waals surface area contributed by atoms with E-state index < -0.39 is 6.10 Å². The van der Waals surface area contributed by atoms with Gasteiger partial charge in [-0.15, -0.1) is 0 Å². The van der Waals surface area contributed by atoms with Crippen LogP contribution in [0.1, 0.15) is 5.56 Å². The normalized spacial score (nSPS) is 23.1. The molecule has 1 amide bonds. The van der Waals surface area contributed by atoms with Crippen molar-refractivity contribution in [3.8, 4) is 0 Å². The SMILES string of the molecule is O=C(OCc1ccccc1)N1C[C@H](CBr)[C@@H](O)C1. The standard InChI is InChI=1S/C13H16BrNO3/c14-6-11-7-15(8-12(11)16)13(17)18-9-10-4-2-1-3-5-10/h1-5,11-12,16H,6-9H2/t11-,12-/m0/s1. The van der Waals surface area contributed by atoms with E-state index in [9.17, 15) is 9.90 Å². The molecule has 1 heterocycles. The second-order valence-corrected chi connectivity index (χ2v) is 5.07. The number of carbonyl (C=O) groups is 1. The molecule has 1 aromatic carbocycles. The molecule has 1 fully saturated rings. The lowest BCUT2D eigenvalue weighted by atomic mass is 10.1. The fraction of sp³-hybridized carbons (Fsp3) is 0.462. The monoisotopic (exact) mass is 313 g/mol. The Morgan fingerprint density at radius 3 is 2.72 bits per heavy atom. The number of ether oxygens (including phenoxy) is 1. The molecule has 2 atom stereocenters. The lowest BCUT2D eigenvalue weighted by Crippen LogP contribution is -2.30. The molecule has 1 aromatic rings. The average Bonchev–Trinajstić information content (AvgIpc) is 2.78. The van der Waals surface area contributed by atoms with E-state index in [0.717, 1.165) is 5.56 Å². The van der Waals surface area contributed by atoms with Gasteiger partial charge in [-0.2, -0.15) is 0 Å². The van der Waals surface area contributed by atoms with E-state index in [2.05, 4.69) is 15.9 Å². The number of β-amino-alcohol motifs (C(OH)–C–C–N with tert-alkyl or cyclic N) is 1. The molecule has 5 heteroatoms. The molecule has 0 radical (unpaired) electrons. The lowest BCUT2D eigenvalue weighted by Gasteiger charge is -2.15. The number of hydrogen-bond acceptors (Lipinski definition) is 3. The molecule has 0 aromatic heterocycles. The number of nitrogens with zero attached hydrogens (tertiary/aromatic N) is 1. The van der Waals surface area contributed by atoms with Gasteiger partial charge in [0.25, 0.3) is 0 Å². The molecule has 0 saturated carbocycles. The minimum atomic E-state index is -0.464. The van der Waals surface area contributed by atoms with Crippen molar-refractivity contribution in [1.82, 2.24) is 4.90 Å². The number of alkyl halides is 1. The highest BCUT2D eigenvalue weighted by Crippen LogP contribution is 2.19. The molecule has 2 rings (SSSR count). The van der Waals surface area contributed by atoms with Crippen molar-refractivity contribution in [1.29, 1.82) is 0 Å². The van der Waals surface area contributed by atoms with Crippen molar-refractivity contribution in [2.45, 2.75) is 12.7 Å². The Morgan fingerprint density at radius 2 is 2.11 bits per heavy atom.